The largest absolute Gasteiger partial charge is 0.384 e. The Balaban J connectivity index is 2.28. The molecule has 2 nitrogen and oxygen atoms in total. The normalized spacial score (nSPS) is 14.6. The molecule has 2 heteroatoms. The number of hydrogen-bond donors (Lipinski definition) is 2. The summed E-state index contributed by atoms with van der Waals surface area (Å²) >= 11 is 0. The first-order chi connectivity index (χ1) is 11.5. The van der Waals surface area contributed by atoms with E-state index in [0.29, 0.717) is 11.8 Å². The van der Waals surface area contributed by atoms with Crippen molar-refractivity contribution in [1.82, 2.24) is 5.32 Å². The van der Waals surface area contributed by atoms with Gasteiger partial charge in [0.15, 0.2) is 0 Å². The molecule has 2 N–H and O–H groups in total. The van der Waals surface area contributed by atoms with Crippen LogP contribution in [-0.4, -0.2) is 6.54 Å². The summed E-state index contributed by atoms with van der Waals surface area (Å²) in [6, 6.07) is 6.72. The number of nitrogens with one attached hydrogen (secondary N) is 2. The SMILES string of the molecule is CCCCNC1=CCCC=C1Nc1c(C(C)C)cccc1C(C)C. The van der Waals surface area contributed by atoms with Crippen molar-refractivity contribution in [3.8, 4) is 0 Å². The topological polar surface area (TPSA) is 24.1 Å². The van der Waals surface area contributed by atoms with Gasteiger partial charge in [0, 0.05) is 12.2 Å². The minimum Gasteiger partial charge on any atom is -0.384 e. The van der Waals surface area contributed by atoms with E-state index >= 15 is 0 Å². The highest BCUT2D eigenvalue weighted by Gasteiger charge is 2.17. The fraction of sp³-hybridized carbons (Fsp3) is 0.545. The summed E-state index contributed by atoms with van der Waals surface area (Å²) in [5.41, 5.74) is 6.62. The first-order valence-electron chi connectivity index (χ1n) is 9.59. The third-order valence-electron chi connectivity index (χ3n) is 4.63. The summed E-state index contributed by atoms with van der Waals surface area (Å²) in [4.78, 5) is 0. The van der Waals surface area contributed by atoms with Crippen molar-refractivity contribution >= 4 is 5.69 Å². The smallest absolute Gasteiger partial charge is 0.0576 e. The fourth-order valence-electron chi connectivity index (χ4n) is 3.19. The molecule has 1 aromatic rings. The number of unbranched alkanes of at least 4 members (excludes halogenated alkanes) is 1. The molecule has 0 spiro atoms. The van der Waals surface area contributed by atoms with E-state index in [1.165, 1.54) is 41.1 Å². The molecule has 2 rings (SSSR count). The zero-order valence-corrected chi connectivity index (χ0v) is 16.1. The molecule has 0 saturated heterocycles. The van der Waals surface area contributed by atoms with E-state index < -0.39 is 0 Å². The van der Waals surface area contributed by atoms with E-state index in [0.717, 1.165) is 19.4 Å². The zero-order chi connectivity index (χ0) is 17.5. The molecule has 0 aromatic heterocycles. The van der Waals surface area contributed by atoms with E-state index in [-0.39, 0.29) is 0 Å². The van der Waals surface area contributed by atoms with E-state index in [1.807, 2.05) is 0 Å². The van der Waals surface area contributed by atoms with Crippen molar-refractivity contribution in [2.45, 2.75) is 72.1 Å². The Labute approximate surface area is 148 Å². The van der Waals surface area contributed by atoms with Gasteiger partial charge in [0.2, 0.25) is 0 Å². The Morgan fingerprint density at radius 1 is 0.917 bits per heavy atom. The van der Waals surface area contributed by atoms with Gasteiger partial charge in [-0.05, 0) is 42.2 Å². The molecule has 0 atom stereocenters. The number of anilines is 1. The summed E-state index contributed by atoms with van der Waals surface area (Å²) in [5.74, 6) is 1.02. The van der Waals surface area contributed by atoms with Crippen LogP contribution < -0.4 is 10.6 Å². The molecule has 132 valence electrons. The molecule has 0 unspecified atom stereocenters. The zero-order valence-electron chi connectivity index (χ0n) is 16.1. The molecule has 0 fully saturated rings. The second-order valence-electron chi connectivity index (χ2n) is 7.34. The van der Waals surface area contributed by atoms with E-state index in [4.69, 9.17) is 0 Å². The van der Waals surface area contributed by atoms with Crippen LogP contribution in [0.2, 0.25) is 0 Å². The molecule has 0 bridgehead atoms. The van der Waals surface area contributed by atoms with Gasteiger partial charge in [-0.2, -0.15) is 0 Å². The lowest BCUT2D eigenvalue weighted by atomic mass is 9.92. The van der Waals surface area contributed by atoms with E-state index in [1.54, 1.807) is 0 Å². The van der Waals surface area contributed by atoms with Gasteiger partial charge in [0.1, 0.15) is 0 Å². The van der Waals surface area contributed by atoms with E-state index in [2.05, 4.69) is 75.6 Å². The maximum atomic E-state index is 3.79. The average molecular weight is 327 g/mol. The lowest BCUT2D eigenvalue weighted by Crippen LogP contribution is -2.22. The van der Waals surface area contributed by atoms with Gasteiger partial charge in [-0.3, -0.25) is 0 Å². The van der Waals surface area contributed by atoms with Gasteiger partial charge in [0.25, 0.3) is 0 Å². The van der Waals surface area contributed by atoms with Crippen molar-refractivity contribution in [3.05, 3.63) is 52.9 Å². The van der Waals surface area contributed by atoms with Gasteiger partial charge in [-0.15, -0.1) is 0 Å². The van der Waals surface area contributed by atoms with Crippen LogP contribution in [0.1, 0.15) is 83.3 Å². The van der Waals surface area contributed by atoms with E-state index in [9.17, 15) is 0 Å². The fourth-order valence-corrected chi connectivity index (χ4v) is 3.19. The van der Waals surface area contributed by atoms with Crippen LogP contribution in [0, 0.1) is 0 Å². The highest BCUT2D eigenvalue weighted by Crippen LogP contribution is 2.34. The summed E-state index contributed by atoms with van der Waals surface area (Å²) in [6.07, 6.45) is 9.36. The van der Waals surface area contributed by atoms with Crippen LogP contribution >= 0.6 is 0 Å². The summed E-state index contributed by atoms with van der Waals surface area (Å²) in [5, 5.41) is 7.41. The third kappa shape index (κ3) is 4.66. The Morgan fingerprint density at radius 2 is 1.50 bits per heavy atom. The number of hydrogen-bond acceptors (Lipinski definition) is 2. The number of rotatable bonds is 8. The highest BCUT2D eigenvalue weighted by atomic mass is 15.0. The minimum atomic E-state index is 0.510. The van der Waals surface area contributed by atoms with Crippen molar-refractivity contribution in [2.24, 2.45) is 0 Å². The van der Waals surface area contributed by atoms with Crippen molar-refractivity contribution in [1.29, 1.82) is 0 Å². The maximum absolute atomic E-state index is 3.79. The third-order valence-corrected chi connectivity index (χ3v) is 4.63. The van der Waals surface area contributed by atoms with Crippen molar-refractivity contribution < 1.29 is 0 Å². The second kappa shape index (κ2) is 8.96. The second-order valence-corrected chi connectivity index (χ2v) is 7.34. The number of para-hydroxylation sites is 1. The predicted molar refractivity (Wildman–Crippen MR) is 107 cm³/mol. The Kier molecular flexibility index (Phi) is 6.96. The molecule has 24 heavy (non-hydrogen) atoms. The lowest BCUT2D eigenvalue weighted by molar-refractivity contribution is 0.707. The quantitative estimate of drug-likeness (QED) is 0.548. The highest BCUT2D eigenvalue weighted by molar-refractivity contribution is 5.65. The Morgan fingerprint density at radius 3 is 2.04 bits per heavy atom. The molecular weight excluding hydrogens is 292 g/mol. The van der Waals surface area contributed by atoms with Crippen LogP contribution in [0.15, 0.2) is 41.7 Å². The molecule has 0 heterocycles. The van der Waals surface area contributed by atoms with Crippen LogP contribution in [0.25, 0.3) is 0 Å². The van der Waals surface area contributed by atoms with Crippen LogP contribution in [0.4, 0.5) is 5.69 Å². The van der Waals surface area contributed by atoms with Crippen LogP contribution in [0.5, 0.6) is 0 Å². The minimum absolute atomic E-state index is 0.510. The van der Waals surface area contributed by atoms with Gasteiger partial charge >= 0.3 is 0 Å². The lowest BCUT2D eigenvalue weighted by Gasteiger charge is -2.25. The van der Waals surface area contributed by atoms with Gasteiger partial charge in [-0.1, -0.05) is 71.4 Å². The molecule has 0 amide bonds. The Bertz CT molecular complexity index is 568. The van der Waals surface area contributed by atoms with Crippen LogP contribution in [0.3, 0.4) is 0 Å². The molecule has 1 aromatic carbocycles. The summed E-state index contributed by atoms with van der Waals surface area (Å²) < 4.78 is 0. The maximum Gasteiger partial charge on any atom is 0.0576 e. The standard InChI is InChI=1S/C22H34N2/c1-6-7-15-23-20-13-8-9-14-21(20)24-22-18(16(2)3)11-10-12-19(22)17(4)5/h10-14,16-17,23-24H,6-9,15H2,1-5H3. The molecular formula is C22H34N2. The van der Waals surface area contributed by atoms with Gasteiger partial charge in [0.05, 0.1) is 11.4 Å². The molecule has 1 aliphatic rings. The summed E-state index contributed by atoms with van der Waals surface area (Å²) in [6.45, 7) is 12.4. The van der Waals surface area contributed by atoms with Gasteiger partial charge < -0.3 is 10.6 Å². The number of allylic oxidation sites excluding steroid dienone is 2. The first kappa shape index (κ1) is 18.6. The summed E-state index contributed by atoms with van der Waals surface area (Å²) in [7, 11) is 0. The van der Waals surface area contributed by atoms with Crippen molar-refractivity contribution in [3.63, 3.8) is 0 Å². The average Bonchev–Trinajstić information content (AvgIpc) is 2.56. The molecule has 0 radical (unpaired) electrons. The van der Waals surface area contributed by atoms with Crippen LogP contribution in [-0.2, 0) is 0 Å². The van der Waals surface area contributed by atoms with Crippen molar-refractivity contribution in [2.75, 3.05) is 11.9 Å². The molecule has 1 aliphatic carbocycles. The first-order valence-corrected chi connectivity index (χ1v) is 9.59. The monoisotopic (exact) mass is 326 g/mol. The number of benzene rings is 1. The van der Waals surface area contributed by atoms with Gasteiger partial charge in [-0.25, -0.2) is 0 Å². The molecule has 0 saturated carbocycles. The predicted octanol–water partition coefficient (Wildman–Crippen LogP) is 6.30. The Hall–Kier alpha value is -1.70. The molecule has 0 aliphatic heterocycles.